The van der Waals surface area contributed by atoms with E-state index in [-0.39, 0.29) is 17.2 Å². The lowest BCUT2D eigenvalue weighted by molar-refractivity contribution is -0.113. The third kappa shape index (κ3) is 4.60. The van der Waals surface area contributed by atoms with Gasteiger partial charge in [-0.05, 0) is 13.3 Å². The summed E-state index contributed by atoms with van der Waals surface area (Å²) in [5.74, 6) is -0.126. The summed E-state index contributed by atoms with van der Waals surface area (Å²) in [4.78, 5) is 25.7. The zero-order chi connectivity index (χ0) is 15.2. The van der Waals surface area contributed by atoms with Gasteiger partial charge in [-0.2, -0.15) is 0 Å². The van der Waals surface area contributed by atoms with Crippen molar-refractivity contribution in [3.8, 4) is 0 Å². The van der Waals surface area contributed by atoms with Crippen LogP contribution in [0.15, 0.2) is 9.95 Å². The predicted molar refractivity (Wildman–Crippen MR) is 80.6 cm³/mol. The molecule has 2 heterocycles. The highest BCUT2D eigenvalue weighted by Gasteiger charge is 2.09. The maximum absolute atomic E-state index is 11.8. The Balaban J connectivity index is 1.86. The molecule has 10 heteroatoms. The fourth-order valence-corrected chi connectivity index (χ4v) is 2.81. The Morgan fingerprint density at radius 3 is 2.86 bits per heavy atom. The molecule has 21 heavy (non-hydrogen) atoms. The number of nitrogens with one attached hydrogen (secondary N) is 2. The SMILES string of the molecule is CCCc1nnc(NC(=O)CSc2nnc(C)c(=O)[nH]2)s1. The Labute approximate surface area is 128 Å². The van der Waals surface area contributed by atoms with Crippen molar-refractivity contribution in [3.63, 3.8) is 0 Å². The third-order valence-electron chi connectivity index (χ3n) is 2.36. The molecule has 1 amide bonds. The Kier molecular flexibility index (Phi) is 5.39. The number of hydrogen-bond acceptors (Lipinski definition) is 8. The zero-order valence-electron chi connectivity index (χ0n) is 11.5. The van der Waals surface area contributed by atoms with Crippen LogP contribution in [0, 0.1) is 6.92 Å². The van der Waals surface area contributed by atoms with Crippen molar-refractivity contribution in [2.45, 2.75) is 31.8 Å². The summed E-state index contributed by atoms with van der Waals surface area (Å²) in [6, 6.07) is 0. The topological polar surface area (TPSA) is 114 Å². The molecule has 0 atom stereocenters. The fraction of sp³-hybridized carbons (Fsp3) is 0.455. The van der Waals surface area contributed by atoms with Crippen LogP contribution >= 0.6 is 23.1 Å². The maximum atomic E-state index is 11.8. The molecule has 0 aliphatic heterocycles. The molecule has 0 unspecified atom stereocenters. The fourth-order valence-electron chi connectivity index (χ4n) is 1.35. The number of H-pyrrole nitrogens is 1. The minimum Gasteiger partial charge on any atom is -0.300 e. The number of aromatic amines is 1. The number of carbonyl (C=O) groups excluding carboxylic acids is 1. The molecule has 0 bridgehead atoms. The maximum Gasteiger partial charge on any atom is 0.273 e. The molecule has 2 N–H and O–H groups in total. The van der Waals surface area contributed by atoms with Crippen molar-refractivity contribution in [2.75, 3.05) is 11.1 Å². The number of aromatic nitrogens is 5. The van der Waals surface area contributed by atoms with Gasteiger partial charge in [-0.15, -0.1) is 20.4 Å². The van der Waals surface area contributed by atoms with E-state index in [4.69, 9.17) is 0 Å². The van der Waals surface area contributed by atoms with Crippen molar-refractivity contribution in [1.82, 2.24) is 25.4 Å². The molecule has 0 saturated heterocycles. The largest absolute Gasteiger partial charge is 0.300 e. The highest BCUT2D eigenvalue weighted by Crippen LogP contribution is 2.17. The number of aryl methyl sites for hydroxylation is 2. The molecular formula is C11H14N6O2S2. The number of anilines is 1. The van der Waals surface area contributed by atoms with Crippen molar-refractivity contribution in [3.05, 3.63) is 21.1 Å². The van der Waals surface area contributed by atoms with E-state index < -0.39 is 0 Å². The van der Waals surface area contributed by atoms with Crippen LogP contribution in [0.3, 0.4) is 0 Å². The smallest absolute Gasteiger partial charge is 0.273 e. The normalized spacial score (nSPS) is 10.6. The van der Waals surface area contributed by atoms with Crippen LogP contribution < -0.4 is 10.9 Å². The number of amides is 1. The van der Waals surface area contributed by atoms with Crippen LogP contribution in [-0.2, 0) is 11.2 Å². The molecule has 2 aromatic heterocycles. The lowest BCUT2D eigenvalue weighted by Crippen LogP contribution is -2.17. The van der Waals surface area contributed by atoms with Gasteiger partial charge >= 0.3 is 0 Å². The molecule has 0 spiro atoms. The van der Waals surface area contributed by atoms with E-state index in [9.17, 15) is 9.59 Å². The van der Waals surface area contributed by atoms with Gasteiger partial charge in [0.25, 0.3) is 5.56 Å². The molecule has 2 rings (SSSR count). The van der Waals surface area contributed by atoms with Crippen LogP contribution in [-0.4, -0.2) is 37.0 Å². The summed E-state index contributed by atoms with van der Waals surface area (Å²) in [7, 11) is 0. The Morgan fingerprint density at radius 2 is 2.14 bits per heavy atom. The van der Waals surface area contributed by atoms with Crippen LogP contribution in [0.1, 0.15) is 24.0 Å². The zero-order valence-corrected chi connectivity index (χ0v) is 13.2. The summed E-state index contributed by atoms with van der Waals surface area (Å²) < 4.78 is 0. The van der Waals surface area contributed by atoms with Crippen LogP contribution in [0.25, 0.3) is 0 Å². The standard InChI is InChI=1S/C11H14N6O2S2/c1-3-4-8-15-17-11(21-8)12-7(18)5-20-10-13-9(19)6(2)14-16-10/h3-5H2,1-2H3,(H,12,17,18)(H,13,16,19). The second kappa shape index (κ2) is 7.27. The Morgan fingerprint density at radius 1 is 1.33 bits per heavy atom. The van der Waals surface area contributed by atoms with Crippen molar-refractivity contribution in [2.24, 2.45) is 0 Å². The summed E-state index contributed by atoms with van der Waals surface area (Å²) in [5, 5.41) is 19.7. The second-order valence-corrected chi connectivity index (χ2v) is 6.16. The molecule has 0 radical (unpaired) electrons. The van der Waals surface area contributed by atoms with E-state index in [0.29, 0.717) is 16.0 Å². The third-order valence-corrected chi connectivity index (χ3v) is 4.12. The van der Waals surface area contributed by atoms with E-state index in [2.05, 4.69) is 37.6 Å². The van der Waals surface area contributed by atoms with Crippen molar-refractivity contribution >= 4 is 34.1 Å². The quantitative estimate of drug-likeness (QED) is 0.761. The molecule has 0 aliphatic rings. The number of carbonyl (C=O) groups is 1. The molecule has 112 valence electrons. The first kappa shape index (κ1) is 15.6. The number of hydrogen-bond donors (Lipinski definition) is 2. The molecule has 8 nitrogen and oxygen atoms in total. The average molecular weight is 326 g/mol. The molecular weight excluding hydrogens is 312 g/mol. The van der Waals surface area contributed by atoms with Gasteiger partial charge in [-0.1, -0.05) is 30.0 Å². The minimum absolute atomic E-state index is 0.108. The Bertz CT molecular complexity index is 683. The summed E-state index contributed by atoms with van der Waals surface area (Å²) >= 11 is 2.47. The first-order chi connectivity index (χ1) is 10.1. The van der Waals surface area contributed by atoms with Crippen molar-refractivity contribution in [1.29, 1.82) is 0 Å². The first-order valence-electron chi connectivity index (χ1n) is 6.27. The molecule has 0 aromatic carbocycles. The highest BCUT2D eigenvalue weighted by molar-refractivity contribution is 7.99. The lowest BCUT2D eigenvalue weighted by Gasteiger charge is -2.00. The highest BCUT2D eigenvalue weighted by atomic mass is 32.2. The lowest BCUT2D eigenvalue weighted by atomic mass is 10.4. The van der Waals surface area contributed by atoms with E-state index >= 15 is 0 Å². The first-order valence-corrected chi connectivity index (χ1v) is 8.07. The van der Waals surface area contributed by atoms with E-state index in [1.54, 1.807) is 6.92 Å². The van der Waals surface area contributed by atoms with E-state index in [1.807, 2.05) is 0 Å². The van der Waals surface area contributed by atoms with Gasteiger partial charge in [-0.25, -0.2) is 0 Å². The summed E-state index contributed by atoms with van der Waals surface area (Å²) in [6.07, 6.45) is 1.83. The number of rotatable bonds is 6. The van der Waals surface area contributed by atoms with Gasteiger partial charge < -0.3 is 0 Å². The van der Waals surface area contributed by atoms with Gasteiger partial charge in [-0.3, -0.25) is 19.9 Å². The Hall–Kier alpha value is -1.81. The molecule has 0 fully saturated rings. The molecule has 2 aromatic rings. The van der Waals surface area contributed by atoms with Crippen LogP contribution in [0.2, 0.25) is 0 Å². The molecule has 0 saturated carbocycles. The second-order valence-electron chi connectivity index (χ2n) is 4.13. The average Bonchev–Trinajstić information content (AvgIpc) is 2.88. The summed E-state index contributed by atoms with van der Waals surface area (Å²) in [5.41, 5.74) is -0.0117. The molecule has 0 aliphatic carbocycles. The van der Waals surface area contributed by atoms with Gasteiger partial charge in [0.15, 0.2) is 5.16 Å². The van der Waals surface area contributed by atoms with E-state index in [1.165, 1.54) is 11.3 Å². The van der Waals surface area contributed by atoms with Crippen LogP contribution in [0.4, 0.5) is 5.13 Å². The predicted octanol–water partition coefficient (Wildman–Crippen LogP) is 1.01. The summed E-state index contributed by atoms with van der Waals surface area (Å²) in [6.45, 7) is 3.62. The van der Waals surface area contributed by atoms with E-state index in [0.717, 1.165) is 29.6 Å². The van der Waals surface area contributed by atoms with Crippen LogP contribution in [0.5, 0.6) is 0 Å². The minimum atomic E-state index is -0.304. The van der Waals surface area contributed by atoms with Gasteiger partial charge in [0.2, 0.25) is 11.0 Å². The van der Waals surface area contributed by atoms with Crippen molar-refractivity contribution < 1.29 is 4.79 Å². The van der Waals surface area contributed by atoms with Gasteiger partial charge in [0, 0.05) is 6.42 Å². The number of thioether (sulfide) groups is 1. The monoisotopic (exact) mass is 326 g/mol. The number of nitrogens with zero attached hydrogens (tertiary/aromatic N) is 4. The van der Waals surface area contributed by atoms with Gasteiger partial charge in [0.05, 0.1) is 5.75 Å². The van der Waals surface area contributed by atoms with Gasteiger partial charge in [0.1, 0.15) is 10.7 Å².